The molecule has 1 unspecified atom stereocenters. The van der Waals surface area contributed by atoms with Crippen LogP contribution < -0.4 is 5.32 Å². The fourth-order valence-corrected chi connectivity index (χ4v) is 2.48. The Morgan fingerprint density at radius 1 is 1.35 bits per heavy atom. The molecule has 1 atom stereocenters. The number of nitrogens with one attached hydrogen (secondary N) is 1. The zero-order valence-corrected chi connectivity index (χ0v) is 12.3. The molecule has 0 aliphatic heterocycles. The molecule has 4 nitrogen and oxygen atoms in total. The van der Waals surface area contributed by atoms with E-state index in [9.17, 15) is 4.79 Å². The van der Waals surface area contributed by atoms with Crippen LogP contribution in [0.2, 0.25) is 0 Å². The molecule has 0 saturated carbocycles. The molecule has 0 saturated heterocycles. The molecule has 0 bridgehead atoms. The molecular formula is C15H17NO3S. The highest BCUT2D eigenvalue weighted by Gasteiger charge is 2.16. The Hall–Kier alpha value is -1.72. The van der Waals surface area contributed by atoms with Gasteiger partial charge in [0.25, 0.3) is 5.91 Å². The topological polar surface area (TPSA) is 51.5 Å². The SMILES string of the molecule is COC(CNC(=O)c1ccccc1SC)c1ccco1. The summed E-state index contributed by atoms with van der Waals surface area (Å²) < 4.78 is 10.6. The lowest BCUT2D eigenvalue weighted by Crippen LogP contribution is -2.29. The van der Waals surface area contributed by atoms with Crippen molar-refractivity contribution < 1.29 is 13.9 Å². The fraction of sp³-hybridized carbons (Fsp3) is 0.267. The van der Waals surface area contributed by atoms with Crippen LogP contribution in [0.25, 0.3) is 0 Å². The molecule has 1 amide bonds. The van der Waals surface area contributed by atoms with Crippen LogP contribution in [0.4, 0.5) is 0 Å². The van der Waals surface area contributed by atoms with Crippen LogP contribution in [0.15, 0.2) is 52.0 Å². The maximum Gasteiger partial charge on any atom is 0.252 e. The van der Waals surface area contributed by atoms with Crippen molar-refractivity contribution in [3.63, 3.8) is 0 Å². The second-order valence-electron chi connectivity index (χ2n) is 4.15. The molecule has 20 heavy (non-hydrogen) atoms. The van der Waals surface area contributed by atoms with E-state index < -0.39 is 0 Å². The minimum absolute atomic E-state index is 0.108. The maximum absolute atomic E-state index is 12.2. The minimum atomic E-state index is -0.282. The Balaban J connectivity index is 2.01. The van der Waals surface area contributed by atoms with Gasteiger partial charge in [0.2, 0.25) is 0 Å². The second-order valence-corrected chi connectivity index (χ2v) is 5.00. The summed E-state index contributed by atoms with van der Waals surface area (Å²) in [6.45, 7) is 0.367. The van der Waals surface area contributed by atoms with Crippen molar-refractivity contribution in [1.29, 1.82) is 0 Å². The van der Waals surface area contributed by atoms with E-state index in [1.165, 1.54) is 0 Å². The van der Waals surface area contributed by atoms with Gasteiger partial charge in [0.05, 0.1) is 18.4 Å². The molecule has 2 rings (SSSR count). The van der Waals surface area contributed by atoms with E-state index in [1.54, 1.807) is 31.2 Å². The van der Waals surface area contributed by atoms with E-state index in [0.717, 1.165) is 4.90 Å². The standard InChI is InChI=1S/C15H17NO3S/c1-18-13(12-7-5-9-19-12)10-16-15(17)11-6-3-4-8-14(11)20-2/h3-9,13H,10H2,1-2H3,(H,16,17). The average molecular weight is 291 g/mol. The monoisotopic (exact) mass is 291 g/mol. The van der Waals surface area contributed by atoms with Gasteiger partial charge in [-0.3, -0.25) is 4.79 Å². The van der Waals surface area contributed by atoms with Crippen LogP contribution in [-0.2, 0) is 4.74 Å². The lowest BCUT2D eigenvalue weighted by molar-refractivity contribution is 0.0737. The van der Waals surface area contributed by atoms with Crippen molar-refractivity contribution >= 4 is 17.7 Å². The van der Waals surface area contributed by atoms with Gasteiger partial charge in [-0.05, 0) is 30.5 Å². The normalized spacial score (nSPS) is 12.1. The Labute approximate surface area is 122 Å². The van der Waals surface area contributed by atoms with Crippen molar-refractivity contribution in [2.24, 2.45) is 0 Å². The number of furan rings is 1. The molecule has 1 aromatic carbocycles. The Kier molecular flexibility index (Phi) is 5.26. The Morgan fingerprint density at radius 3 is 2.80 bits per heavy atom. The predicted molar refractivity (Wildman–Crippen MR) is 79.0 cm³/mol. The van der Waals surface area contributed by atoms with Crippen LogP contribution in [0.5, 0.6) is 0 Å². The smallest absolute Gasteiger partial charge is 0.252 e. The first-order valence-corrected chi connectivity index (χ1v) is 7.46. The van der Waals surface area contributed by atoms with E-state index >= 15 is 0 Å². The molecule has 2 aromatic rings. The molecule has 106 valence electrons. The van der Waals surface area contributed by atoms with E-state index in [1.807, 2.05) is 36.6 Å². The maximum atomic E-state index is 12.2. The van der Waals surface area contributed by atoms with Crippen molar-refractivity contribution in [3.8, 4) is 0 Å². The molecule has 1 aromatic heterocycles. The van der Waals surface area contributed by atoms with Gasteiger partial charge in [0, 0.05) is 12.0 Å². The van der Waals surface area contributed by atoms with Gasteiger partial charge >= 0.3 is 0 Å². The number of methoxy groups -OCH3 is 1. The van der Waals surface area contributed by atoms with Crippen LogP contribution in [0.3, 0.4) is 0 Å². The highest BCUT2D eigenvalue weighted by Crippen LogP contribution is 2.20. The zero-order valence-electron chi connectivity index (χ0n) is 11.5. The molecule has 0 aliphatic rings. The highest BCUT2D eigenvalue weighted by molar-refractivity contribution is 7.98. The molecule has 1 N–H and O–H groups in total. The Bertz CT molecular complexity index is 554. The third-order valence-electron chi connectivity index (χ3n) is 2.94. The number of hydrogen-bond donors (Lipinski definition) is 1. The van der Waals surface area contributed by atoms with Crippen molar-refractivity contribution in [2.45, 2.75) is 11.0 Å². The van der Waals surface area contributed by atoms with E-state index in [4.69, 9.17) is 9.15 Å². The first-order chi connectivity index (χ1) is 9.76. The number of rotatable bonds is 6. The lowest BCUT2D eigenvalue weighted by Gasteiger charge is -2.14. The van der Waals surface area contributed by atoms with Crippen molar-refractivity contribution in [3.05, 3.63) is 54.0 Å². The van der Waals surface area contributed by atoms with E-state index in [2.05, 4.69) is 5.32 Å². The summed E-state index contributed by atoms with van der Waals surface area (Å²) in [6.07, 6.45) is 3.26. The number of hydrogen-bond acceptors (Lipinski definition) is 4. The van der Waals surface area contributed by atoms with Crippen LogP contribution in [-0.4, -0.2) is 25.8 Å². The predicted octanol–water partition coefficient (Wildman–Crippen LogP) is 3.12. The van der Waals surface area contributed by atoms with Gasteiger partial charge in [-0.15, -0.1) is 11.8 Å². The van der Waals surface area contributed by atoms with Crippen LogP contribution in [0, 0.1) is 0 Å². The third kappa shape index (κ3) is 3.43. The summed E-state index contributed by atoms with van der Waals surface area (Å²) in [4.78, 5) is 13.2. The van der Waals surface area contributed by atoms with Gasteiger partial charge in [0.1, 0.15) is 11.9 Å². The van der Waals surface area contributed by atoms with Gasteiger partial charge < -0.3 is 14.5 Å². The zero-order chi connectivity index (χ0) is 14.4. The third-order valence-corrected chi connectivity index (χ3v) is 3.74. The Morgan fingerprint density at radius 2 is 2.15 bits per heavy atom. The molecule has 5 heteroatoms. The van der Waals surface area contributed by atoms with Gasteiger partial charge in [0.15, 0.2) is 0 Å². The summed E-state index contributed by atoms with van der Waals surface area (Å²) in [5.74, 6) is 0.592. The van der Waals surface area contributed by atoms with E-state index in [-0.39, 0.29) is 12.0 Å². The quantitative estimate of drug-likeness (QED) is 0.831. The molecule has 1 heterocycles. The molecule has 0 fully saturated rings. The molecule has 0 aliphatic carbocycles. The van der Waals surface area contributed by atoms with Crippen molar-refractivity contribution in [2.75, 3.05) is 19.9 Å². The van der Waals surface area contributed by atoms with Gasteiger partial charge in [-0.25, -0.2) is 0 Å². The average Bonchev–Trinajstić information content (AvgIpc) is 3.02. The lowest BCUT2D eigenvalue weighted by atomic mass is 10.2. The summed E-state index contributed by atoms with van der Waals surface area (Å²) in [7, 11) is 1.59. The largest absolute Gasteiger partial charge is 0.467 e. The number of benzene rings is 1. The number of thioether (sulfide) groups is 1. The van der Waals surface area contributed by atoms with Gasteiger partial charge in [-0.1, -0.05) is 12.1 Å². The van der Waals surface area contributed by atoms with Gasteiger partial charge in [-0.2, -0.15) is 0 Å². The number of carbonyl (C=O) groups is 1. The van der Waals surface area contributed by atoms with Crippen molar-refractivity contribution in [1.82, 2.24) is 5.32 Å². The first-order valence-electron chi connectivity index (χ1n) is 6.23. The fourth-order valence-electron chi connectivity index (χ4n) is 1.89. The minimum Gasteiger partial charge on any atom is -0.467 e. The summed E-state index contributed by atoms with van der Waals surface area (Å²) in [5.41, 5.74) is 0.675. The number of carbonyl (C=O) groups excluding carboxylic acids is 1. The molecular weight excluding hydrogens is 274 g/mol. The summed E-state index contributed by atoms with van der Waals surface area (Å²) >= 11 is 1.55. The van der Waals surface area contributed by atoms with E-state index in [0.29, 0.717) is 17.9 Å². The first kappa shape index (κ1) is 14.7. The summed E-state index contributed by atoms with van der Waals surface area (Å²) in [5, 5.41) is 2.88. The molecule has 0 radical (unpaired) electrons. The summed E-state index contributed by atoms with van der Waals surface area (Å²) in [6, 6.07) is 11.1. The number of ether oxygens (including phenoxy) is 1. The molecule has 0 spiro atoms. The van der Waals surface area contributed by atoms with Crippen LogP contribution >= 0.6 is 11.8 Å². The second kappa shape index (κ2) is 7.17. The van der Waals surface area contributed by atoms with Crippen LogP contribution in [0.1, 0.15) is 22.2 Å². The highest BCUT2D eigenvalue weighted by atomic mass is 32.2. The number of amides is 1.